The highest BCUT2D eigenvalue weighted by Crippen LogP contribution is 2.17. The number of nitrogens with one attached hydrogen (secondary N) is 2. The second-order valence-corrected chi connectivity index (χ2v) is 4.44. The minimum atomic E-state index is 0.00862. The molecule has 2 aromatic heterocycles. The summed E-state index contributed by atoms with van der Waals surface area (Å²) in [7, 11) is 0. The first-order valence-electron chi connectivity index (χ1n) is 6.30. The maximum Gasteiger partial charge on any atom is 0.271 e. The molecule has 1 aliphatic rings. The van der Waals surface area contributed by atoms with Crippen molar-refractivity contribution in [1.82, 2.24) is 25.4 Å². The number of pyridine rings is 1. The van der Waals surface area contributed by atoms with E-state index in [1.54, 1.807) is 18.5 Å². The minimum absolute atomic E-state index is 0.00862. The molecule has 2 aromatic rings. The van der Waals surface area contributed by atoms with Crippen LogP contribution < -0.4 is 5.32 Å². The van der Waals surface area contributed by atoms with Crippen molar-refractivity contribution in [1.29, 1.82) is 0 Å². The van der Waals surface area contributed by atoms with E-state index in [-0.39, 0.29) is 5.91 Å². The lowest BCUT2D eigenvalue weighted by Crippen LogP contribution is -2.46. The Balaban J connectivity index is 1.79. The van der Waals surface area contributed by atoms with Gasteiger partial charge in [0.15, 0.2) is 0 Å². The Morgan fingerprint density at radius 1 is 1.21 bits per heavy atom. The second kappa shape index (κ2) is 5.19. The molecule has 6 heteroatoms. The molecule has 0 radical (unpaired) electrons. The van der Waals surface area contributed by atoms with E-state index in [1.807, 2.05) is 17.0 Å². The van der Waals surface area contributed by atoms with Gasteiger partial charge in [0.2, 0.25) is 0 Å². The van der Waals surface area contributed by atoms with Crippen LogP contribution in [0, 0.1) is 0 Å². The van der Waals surface area contributed by atoms with Crippen molar-refractivity contribution in [2.45, 2.75) is 0 Å². The third kappa shape index (κ3) is 2.48. The van der Waals surface area contributed by atoms with Gasteiger partial charge in [-0.05, 0) is 18.2 Å². The molecule has 1 aliphatic heterocycles. The first-order valence-corrected chi connectivity index (χ1v) is 6.30. The van der Waals surface area contributed by atoms with Gasteiger partial charge in [-0.15, -0.1) is 0 Å². The molecule has 1 saturated heterocycles. The zero-order valence-electron chi connectivity index (χ0n) is 10.5. The van der Waals surface area contributed by atoms with E-state index in [9.17, 15) is 4.79 Å². The van der Waals surface area contributed by atoms with Crippen LogP contribution in [-0.4, -0.2) is 52.2 Å². The molecule has 3 rings (SSSR count). The first-order chi connectivity index (χ1) is 9.34. The number of nitrogens with zero attached hydrogens (tertiary/aromatic N) is 3. The predicted molar refractivity (Wildman–Crippen MR) is 70.6 cm³/mol. The third-order valence-electron chi connectivity index (χ3n) is 3.19. The summed E-state index contributed by atoms with van der Waals surface area (Å²) < 4.78 is 0. The van der Waals surface area contributed by atoms with E-state index < -0.39 is 0 Å². The molecule has 0 aromatic carbocycles. The van der Waals surface area contributed by atoms with Crippen LogP contribution in [0.5, 0.6) is 0 Å². The van der Waals surface area contributed by atoms with Crippen LogP contribution in [0.3, 0.4) is 0 Å². The number of piperazine rings is 1. The summed E-state index contributed by atoms with van der Waals surface area (Å²) in [6.07, 6.45) is 3.42. The smallest absolute Gasteiger partial charge is 0.271 e. The number of hydrogen-bond donors (Lipinski definition) is 2. The summed E-state index contributed by atoms with van der Waals surface area (Å²) in [5, 5.41) is 10.2. The van der Waals surface area contributed by atoms with Gasteiger partial charge < -0.3 is 10.2 Å². The summed E-state index contributed by atoms with van der Waals surface area (Å²) in [5.74, 6) is 0.00862. The van der Waals surface area contributed by atoms with Gasteiger partial charge in [0.25, 0.3) is 5.91 Å². The average molecular weight is 257 g/mol. The van der Waals surface area contributed by atoms with Crippen molar-refractivity contribution in [2.24, 2.45) is 0 Å². The van der Waals surface area contributed by atoms with Crippen LogP contribution >= 0.6 is 0 Å². The SMILES string of the molecule is O=C(c1cc(-c2ccncc2)n[nH]1)N1CCNCC1. The maximum atomic E-state index is 12.3. The number of aromatic nitrogens is 3. The van der Waals surface area contributed by atoms with Gasteiger partial charge in [0.05, 0.1) is 5.69 Å². The molecule has 19 heavy (non-hydrogen) atoms. The van der Waals surface area contributed by atoms with Crippen LogP contribution in [0.25, 0.3) is 11.3 Å². The van der Waals surface area contributed by atoms with Crippen LogP contribution in [-0.2, 0) is 0 Å². The number of amides is 1. The summed E-state index contributed by atoms with van der Waals surface area (Å²) in [4.78, 5) is 18.1. The highest BCUT2D eigenvalue weighted by Gasteiger charge is 2.19. The molecular formula is C13H15N5O. The normalized spacial score (nSPS) is 15.5. The molecule has 0 bridgehead atoms. The van der Waals surface area contributed by atoms with Gasteiger partial charge in [-0.25, -0.2) is 0 Å². The van der Waals surface area contributed by atoms with Gasteiger partial charge in [0, 0.05) is 44.1 Å². The Labute approximate surface area is 110 Å². The van der Waals surface area contributed by atoms with Gasteiger partial charge in [-0.3, -0.25) is 14.9 Å². The lowest BCUT2D eigenvalue weighted by Gasteiger charge is -2.26. The molecule has 1 fully saturated rings. The zero-order valence-corrected chi connectivity index (χ0v) is 10.5. The van der Waals surface area contributed by atoms with E-state index in [1.165, 1.54) is 0 Å². The number of carbonyl (C=O) groups is 1. The van der Waals surface area contributed by atoms with Gasteiger partial charge >= 0.3 is 0 Å². The Kier molecular flexibility index (Phi) is 3.24. The molecule has 98 valence electrons. The summed E-state index contributed by atoms with van der Waals surface area (Å²) in [6, 6.07) is 5.53. The van der Waals surface area contributed by atoms with Crippen LogP contribution in [0.2, 0.25) is 0 Å². The molecule has 2 N–H and O–H groups in total. The third-order valence-corrected chi connectivity index (χ3v) is 3.19. The Morgan fingerprint density at radius 3 is 2.68 bits per heavy atom. The van der Waals surface area contributed by atoms with Crippen LogP contribution in [0.1, 0.15) is 10.5 Å². The number of aromatic amines is 1. The second-order valence-electron chi connectivity index (χ2n) is 4.44. The van der Waals surface area contributed by atoms with Crippen LogP contribution in [0.15, 0.2) is 30.6 Å². The quantitative estimate of drug-likeness (QED) is 0.822. The largest absolute Gasteiger partial charge is 0.335 e. The Morgan fingerprint density at radius 2 is 1.95 bits per heavy atom. The maximum absolute atomic E-state index is 12.3. The highest BCUT2D eigenvalue weighted by molar-refractivity contribution is 5.93. The van der Waals surface area contributed by atoms with Crippen molar-refractivity contribution >= 4 is 5.91 Å². The van der Waals surface area contributed by atoms with Crippen molar-refractivity contribution in [3.63, 3.8) is 0 Å². The van der Waals surface area contributed by atoms with Crippen molar-refractivity contribution in [3.8, 4) is 11.3 Å². The average Bonchev–Trinajstić information content (AvgIpc) is 2.98. The van der Waals surface area contributed by atoms with E-state index >= 15 is 0 Å². The van der Waals surface area contributed by atoms with Gasteiger partial charge in [-0.2, -0.15) is 5.10 Å². The first kappa shape index (κ1) is 11.9. The van der Waals surface area contributed by atoms with Crippen molar-refractivity contribution in [3.05, 3.63) is 36.3 Å². The van der Waals surface area contributed by atoms with E-state index in [2.05, 4.69) is 20.5 Å². The molecule has 0 saturated carbocycles. The Bertz CT molecular complexity index is 559. The predicted octanol–water partition coefficient (Wildman–Crippen LogP) is 0.517. The van der Waals surface area contributed by atoms with Gasteiger partial charge in [0.1, 0.15) is 5.69 Å². The number of hydrogen-bond acceptors (Lipinski definition) is 4. The fourth-order valence-electron chi connectivity index (χ4n) is 2.14. The van der Waals surface area contributed by atoms with Gasteiger partial charge in [-0.1, -0.05) is 0 Å². The summed E-state index contributed by atoms with van der Waals surface area (Å²) >= 11 is 0. The highest BCUT2D eigenvalue weighted by atomic mass is 16.2. The zero-order chi connectivity index (χ0) is 13.1. The number of H-pyrrole nitrogens is 1. The monoisotopic (exact) mass is 257 g/mol. The lowest BCUT2D eigenvalue weighted by molar-refractivity contribution is 0.0730. The molecule has 6 nitrogen and oxygen atoms in total. The summed E-state index contributed by atoms with van der Waals surface area (Å²) in [6.45, 7) is 3.17. The molecule has 3 heterocycles. The standard InChI is InChI=1S/C13H15N5O/c19-13(18-7-5-15-6-8-18)12-9-11(16-17-12)10-1-3-14-4-2-10/h1-4,9,15H,5-8H2,(H,16,17). The Hall–Kier alpha value is -2.21. The topological polar surface area (TPSA) is 73.9 Å². The molecule has 0 aliphatic carbocycles. The van der Waals surface area contributed by atoms with Crippen molar-refractivity contribution in [2.75, 3.05) is 26.2 Å². The lowest BCUT2D eigenvalue weighted by atomic mass is 10.2. The van der Waals surface area contributed by atoms with E-state index in [0.29, 0.717) is 5.69 Å². The van der Waals surface area contributed by atoms with Crippen molar-refractivity contribution < 1.29 is 4.79 Å². The molecule has 0 atom stereocenters. The minimum Gasteiger partial charge on any atom is -0.335 e. The molecular weight excluding hydrogens is 242 g/mol. The molecule has 1 amide bonds. The number of carbonyl (C=O) groups excluding carboxylic acids is 1. The van der Waals surface area contributed by atoms with E-state index in [0.717, 1.165) is 37.4 Å². The van der Waals surface area contributed by atoms with E-state index in [4.69, 9.17) is 0 Å². The number of rotatable bonds is 2. The molecule has 0 unspecified atom stereocenters. The summed E-state index contributed by atoms with van der Waals surface area (Å²) in [5.41, 5.74) is 2.25. The fraction of sp³-hybridized carbons (Fsp3) is 0.308. The fourth-order valence-corrected chi connectivity index (χ4v) is 2.14. The van der Waals surface area contributed by atoms with Crippen LogP contribution in [0.4, 0.5) is 0 Å². The molecule has 0 spiro atoms.